The van der Waals surface area contributed by atoms with Crippen LogP contribution in [0.5, 0.6) is 0 Å². The van der Waals surface area contributed by atoms with Crippen molar-refractivity contribution in [3.63, 3.8) is 0 Å². The van der Waals surface area contributed by atoms with Crippen molar-refractivity contribution >= 4 is 11.6 Å². The molecule has 3 heteroatoms. The van der Waals surface area contributed by atoms with Crippen LogP contribution in [0.25, 0.3) is 0 Å². The van der Waals surface area contributed by atoms with Crippen LogP contribution >= 0.6 is 11.6 Å². The van der Waals surface area contributed by atoms with Gasteiger partial charge in [0, 0.05) is 5.02 Å². The lowest BCUT2D eigenvalue weighted by molar-refractivity contribution is 0.620. The van der Waals surface area contributed by atoms with Crippen LogP contribution in [0.4, 0.5) is 4.39 Å². The molecule has 14 heavy (non-hydrogen) atoms. The lowest BCUT2D eigenvalue weighted by atomic mass is 10.1. The summed E-state index contributed by atoms with van der Waals surface area (Å²) in [6, 6.07) is 4.36. The average Bonchev–Trinajstić information content (AvgIpc) is 2.15. The Labute approximate surface area is 88.6 Å². The van der Waals surface area contributed by atoms with E-state index in [1.807, 2.05) is 6.92 Å². The van der Waals surface area contributed by atoms with Crippen molar-refractivity contribution < 1.29 is 4.39 Å². The van der Waals surface area contributed by atoms with Gasteiger partial charge in [-0.2, -0.15) is 0 Å². The highest BCUT2D eigenvalue weighted by atomic mass is 35.5. The topological polar surface area (TPSA) is 12.0 Å². The summed E-state index contributed by atoms with van der Waals surface area (Å²) in [4.78, 5) is 0. The smallest absolute Gasteiger partial charge is 0.124 e. The zero-order chi connectivity index (χ0) is 10.6. The molecule has 0 aliphatic heterocycles. The lowest BCUT2D eigenvalue weighted by Gasteiger charge is -2.15. The third-order valence-electron chi connectivity index (χ3n) is 1.96. The van der Waals surface area contributed by atoms with E-state index < -0.39 is 0 Å². The standard InChI is InChI=1S/C11H13ClFN/c1-3-11(14-4-2)9-6-5-8(13)7-10(9)12/h3,5-7,11,14H,1,4H2,2H3. The molecule has 1 nitrogen and oxygen atoms in total. The zero-order valence-corrected chi connectivity index (χ0v) is 8.81. The predicted molar refractivity (Wildman–Crippen MR) is 58.0 cm³/mol. The molecule has 76 valence electrons. The summed E-state index contributed by atoms with van der Waals surface area (Å²) in [7, 11) is 0. The molecule has 1 aromatic carbocycles. The molecule has 0 fully saturated rings. The third kappa shape index (κ3) is 2.56. The Hall–Kier alpha value is -0.860. The van der Waals surface area contributed by atoms with Crippen LogP contribution in [0.15, 0.2) is 30.9 Å². The first-order valence-corrected chi connectivity index (χ1v) is 4.87. The second-order valence-corrected chi connectivity index (χ2v) is 3.34. The summed E-state index contributed by atoms with van der Waals surface area (Å²) < 4.78 is 12.8. The molecule has 0 aromatic heterocycles. The van der Waals surface area contributed by atoms with Gasteiger partial charge in [0.15, 0.2) is 0 Å². The van der Waals surface area contributed by atoms with Crippen LogP contribution in [-0.4, -0.2) is 6.54 Å². The SMILES string of the molecule is C=CC(NCC)c1ccc(F)cc1Cl. The van der Waals surface area contributed by atoms with Crippen molar-refractivity contribution in [2.24, 2.45) is 0 Å². The summed E-state index contributed by atoms with van der Waals surface area (Å²) in [6.45, 7) is 6.51. The predicted octanol–water partition coefficient (Wildman–Crippen LogP) is 3.32. The van der Waals surface area contributed by atoms with E-state index in [1.54, 1.807) is 12.1 Å². The maximum atomic E-state index is 12.8. The van der Waals surface area contributed by atoms with Crippen molar-refractivity contribution in [2.75, 3.05) is 6.54 Å². The fourth-order valence-corrected chi connectivity index (χ4v) is 1.58. The number of benzene rings is 1. The minimum absolute atomic E-state index is 0.0203. The van der Waals surface area contributed by atoms with Crippen LogP contribution < -0.4 is 5.32 Å². The molecule has 1 atom stereocenters. The first-order valence-electron chi connectivity index (χ1n) is 4.50. The Morgan fingerprint density at radius 1 is 1.64 bits per heavy atom. The second-order valence-electron chi connectivity index (χ2n) is 2.94. The van der Waals surface area contributed by atoms with E-state index in [9.17, 15) is 4.39 Å². The highest BCUT2D eigenvalue weighted by molar-refractivity contribution is 6.31. The summed E-state index contributed by atoms with van der Waals surface area (Å²) in [5.41, 5.74) is 0.852. The molecular weight excluding hydrogens is 201 g/mol. The molecule has 1 unspecified atom stereocenters. The van der Waals surface area contributed by atoms with Gasteiger partial charge in [0.1, 0.15) is 5.82 Å². The van der Waals surface area contributed by atoms with Crippen LogP contribution in [0.1, 0.15) is 18.5 Å². The molecule has 0 saturated heterocycles. The largest absolute Gasteiger partial charge is 0.307 e. The summed E-state index contributed by atoms with van der Waals surface area (Å²) >= 11 is 5.91. The number of rotatable bonds is 4. The molecule has 0 saturated carbocycles. The van der Waals surface area contributed by atoms with E-state index in [-0.39, 0.29) is 11.9 Å². The van der Waals surface area contributed by atoms with Crippen LogP contribution in [0.3, 0.4) is 0 Å². The van der Waals surface area contributed by atoms with Gasteiger partial charge in [-0.05, 0) is 24.2 Å². The minimum atomic E-state index is -0.321. The highest BCUT2D eigenvalue weighted by Gasteiger charge is 2.10. The Balaban J connectivity index is 2.98. The maximum Gasteiger partial charge on any atom is 0.124 e. The molecule has 1 N–H and O–H groups in total. The fourth-order valence-electron chi connectivity index (χ4n) is 1.29. The van der Waals surface area contributed by atoms with E-state index >= 15 is 0 Å². The monoisotopic (exact) mass is 213 g/mol. The van der Waals surface area contributed by atoms with Crippen LogP contribution in [0, 0.1) is 5.82 Å². The number of hydrogen-bond acceptors (Lipinski definition) is 1. The molecule has 0 bridgehead atoms. The van der Waals surface area contributed by atoms with E-state index in [1.165, 1.54) is 12.1 Å². The van der Waals surface area contributed by atoms with Gasteiger partial charge in [-0.15, -0.1) is 6.58 Å². The maximum absolute atomic E-state index is 12.8. The summed E-state index contributed by atoms with van der Waals surface area (Å²) in [5, 5.41) is 3.61. The quantitative estimate of drug-likeness (QED) is 0.757. The van der Waals surface area contributed by atoms with E-state index in [0.29, 0.717) is 5.02 Å². The van der Waals surface area contributed by atoms with Crippen molar-refractivity contribution in [3.8, 4) is 0 Å². The van der Waals surface area contributed by atoms with E-state index in [2.05, 4.69) is 11.9 Å². The molecule has 1 aromatic rings. The number of halogens is 2. The number of hydrogen-bond donors (Lipinski definition) is 1. The van der Waals surface area contributed by atoms with Gasteiger partial charge in [-0.3, -0.25) is 0 Å². The Bertz CT molecular complexity index is 325. The van der Waals surface area contributed by atoms with Gasteiger partial charge in [0.05, 0.1) is 6.04 Å². The van der Waals surface area contributed by atoms with E-state index in [0.717, 1.165) is 12.1 Å². The normalized spacial score (nSPS) is 12.5. The van der Waals surface area contributed by atoms with Gasteiger partial charge >= 0.3 is 0 Å². The van der Waals surface area contributed by atoms with E-state index in [4.69, 9.17) is 11.6 Å². The van der Waals surface area contributed by atoms with Gasteiger partial charge in [0.2, 0.25) is 0 Å². The van der Waals surface area contributed by atoms with Gasteiger partial charge < -0.3 is 5.32 Å². The van der Waals surface area contributed by atoms with Crippen LogP contribution in [0.2, 0.25) is 5.02 Å². The first-order chi connectivity index (χ1) is 6.69. The summed E-state index contributed by atoms with van der Waals surface area (Å²) in [6.07, 6.45) is 1.75. The highest BCUT2D eigenvalue weighted by Crippen LogP contribution is 2.24. The van der Waals surface area contributed by atoms with Crippen LogP contribution in [-0.2, 0) is 0 Å². The Morgan fingerprint density at radius 2 is 2.36 bits per heavy atom. The molecule has 1 rings (SSSR count). The molecule has 0 spiro atoms. The zero-order valence-electron chi connectivity index (χ0n) is 8.06. The molecule has 0 radical (unpaired) electrons. The molecule has 0 heterocycles. The van der Waals surface area contributed by atoms with Gasteiger partial charge in [-0.25, -0.2) is 4.39 Å². The molecule has 0 aliphatic carbocycles. The fraction of sp³-hybridized carbons (Fsp3) is 0.273. The van der Waals surface area contributed by atoms with Crippen molar-refractivity contribution in [1.82, 2.24) is 5.32 Å². The summed E-state index contributed by atoms with van der Waals surface area (Å²) in [5.74, 6) is -0.321. The Morgan fingerprint density at radius 3 is 2.86 bits per heavy atom. The lowest BCUT2D eigenvalue weighted by Crippen LogP contribution is -2.18. The number of nitrogens with one attached hydrogen (secondary N) is 1. The molecule has 0 aliphatic rings. The first kappa shape index (κ1) is 11.2. The van der Waals surface area contributed by atoms with Crippen molar-refractivity contribution in [1.29, 1.82) is 0 Å². The minimum Gasteiger partial charge on any atom is -0.307 e. The van der Waals surface area contributed by atoms with Crippen molar-refractivity contribution in [3.05, 3.63) is 47.3 Å². The second kappa shape index (κ2) is 5.13. The third-order valence-corrected chi connectivity index (χ3v) is 2.28. The van der Waals surface area contributed by atoms with Gasteiger partial charge in [0.25, 0.3) is 0 Å². The Kier molecular flexibility index (Phi) is 4.11. The van der Waals surface area contributed by atoms with Gasteiger partial charge in [-0.1, -0.05) is 30.7 Å². The molecule has 0 amide bonds. The van der Waals surface area contributed by atoms with Crippen molar-refractivity contribution in [2.45, 2.75) is 13.0 Å². The number of likely N-dealkylation sites (N-methyl/N-ethyl adjacent to an activating group) is 1. The molecular formula is C11H13ClFN. The average molecular weight is 214 g/mol.